The van der Waals surface area contributed by atoms with Crippen LogP contribution in [-0.2, 0) is 6.54 Å². The number of tetrazole rings is 1. The first-order valence-electron chi connectivity index (χ1n) is 5.85. The molecule has 1 aromatic rings. The van der Waals surface area contributed by atoms with Crippen molar-refractivity contribution in [1.29, 1.82) is 0 Å². The van der Waals surface area contributed by atoms with Gasteiger partial charge in [-0.1, -0.05) is 13.8 Å². The quantitative estimate of drug-likeness (QED) is 0.859. The van der Waals surface area contributed by atoms with E-state index in [1.807, 2.05) is 16.4 Å². The maximum atomic E-state index is 4.12. The smallest absolute Gasteiger partial charge is 0.165 e. The normalized spacial score (nSPS) is 18.2. The average molecular weight is 241 g/mol. The highest BCUT2D eigenvalue weighted by Gasteiger charge is 2.19. The minimum absolute atomic E-state index is 0.465. The van der Waals surface area contributed by atoms with Gasteiger partial charge in [-0.15, -0.1) is 5.10 Å². The maximum absolute atomic E-state index is 4.12. The molecule has 16 heavy (non-hydrogen) atoms. The lowest BCUT2D eigenvalue weighted by Gasteiger charge is -2.22. The number of rotatable bonds is 4. The third-order valence-electron chi connectivity index (χ3n) is 2.77. The van der Waals surface area contributed by atoms with E-state index >= 15 is 0 Å². The second-order valence-corrected chi connectivity index (χ2v) is 5.64. The summed E-state index contributed by atoms with van der Waals surface area (Å²) in [6.45, 7) is 5.02. The summed E-state index contributed by atoms with van der Waals surface area (Å²) in [6.07, 6.45) is 2.37. The summed E-state index contributed by atoms with van der Waals surface area (Å²) in [5.74, 6) is 3.41. The van der Waals surface area contributed by atoms with Gasteiger partial charge in [0.15, 0.2) is 5.82 Å². The highest BCUT2D eigenvalue weighted by atomic mass is 32.2. The molecule has 6 heteroatoms. The van der Waals surface area contributed by atoms with Crippen molar-refractivity contribution in [2.45, 2.75) is 45.3 Å². The molecule has 0 saturated carbocycles. The third-order valence-corrected chi connectivity index (χ3v) is 3.81. The zero-order valence-corrected chi connectivity index (χ0v) is 10.7. The summed E-state index contributed by atoms with van der Waals surface area (Å²) >= 11 is 2.02. The first-order valence-corrected chi connectivity index (χ1v) is 7.00. The first-order chi connectivity index (χ1) is 7.77. The van der Waals surface area contributed by atoms with Crippen LogP contribution in [0.25, 0.3) is 0 Å². The number of nitrogens with zero attached hydrogens (tertiary/aromatic N) is 4. The van der Waals surface area contributed by atoms with E-state index in [1.165, 1.54) is 24.3 Å². The molecule has 2 rings (SSSR count). The van der Waals surface area contributed by atoms with Crippen LogP contribution in [0.3, 0.4) is 0 Å². The monoisotopic (exact) mass is 241 g/mol. The molecule has 1 N–H and O–H groups in total. The van der Waals surface area contributed by atoms with Crippen LogP contribution in [0.1, 0.15) is 38.6 Å². The fourth-order valence-electron chi connectivity index (χ4n) is 1.84. The van der Waals surface area contributed by atoms with Crippen LogP contribution in [0.2, 0.25) is 0 Å². The number of hydrogen-bond acceptors (Lipinski definition) is 5. The van der Waals surface area contributed by atoms with Gasteiger partial charge in [0, 0.05) is 6.04 Å². The van der Waals surface area contributed by atoms with Gasteiger partial charge in [0.05, 0.1) is 12.6 Å². The van der Waals surface area contributed by atoms with Crippen LogP contribution in [0.15, 0.2) is 0 Å². The Hall–Kier alpha value is -0.620. The van der Waals surface area contributed by atoms with E-state index in [0.29, 0.717) is 12.1 Å². The molecule has 0 unspecified atom stereocenters. The molecule has 1 aliphatic heterocycles. The fraction of sp³-hybridized carbons (Fsp3) is 0.900. The average Bonchev–Trinajstić information content (AvgIpc) is 2.75. The zero-order chi connectivity index (χ0) is 11.4. The standard InChI is InChI=1S/C10H19N5S/c1-8(2)11-7-10-12-13-14-15(10)9-3-5-16-6-4-9/h8-9,11H,3-7H2,1-2H3. The summed E-state index contributed by atoms with van der Waals surface area (Å²) in [5.41, 5.74) is 0. The molecule has 0 aliphatic carbocycles. The number of aromatic nitrogens is 4. The zero-order valence-electron chi connectivity index (χ0n) is 9.89. The number of thioether (sulfide) groups is 1. The largest absolute Gasteiger partial charge is 0.308 e. The van der Waals surface area contributed by atoms with E-state index in [2.05, 4.69) is 34.7 Å². The van der Waals surface area contributed by atoms with E-state index in [9.17, 15) is 0 Å². The van der Waals surface area contributed by atoms with Gasteiger partial charge in [-0.05, 0) is 34.8 Å². The molecule has 1 fully saturated rings. The van der Waals surface area contributed by atoms with E-state index in [0.717, 1.165) is 12.4 Å². The molecule has 0 radical (unpaired) electrons. The van der Waals surface area contributed by atoms with Gasteiger partial charge in [0.1, 0.15) is 0 Å². The molecule has 0 aromatic carbocycles. The van der Waals surface area contributed by atoms with Gasteiger partial charge in [-0.3, -0.25) is 0 Å². The van der Waals surface area contributed by atoms with Crippen LogP contribution in [-0.4, -0.2) is 37.8 Å². The Labute approximate surface area is 100 Å². The Balaban J connectivity index is 2.00. The summed E-state index contributed by atoms with van der Waals surface area (Å²) in [7, 11) is 0. The highest BCUT2D eigenvalue weighted by molar-refractivity contribution is 7.99. The molecule has 1 aliphatic rings. The van der Waals surface area contributed by atoms with Gasteiger partial charge < -0.3 is 5.32 Å². The summed E-state index contributed by atoms with van der Waals surface area (Å²) < 4.78 is 2.01. The van der Waals surface area contributed by atoms with Crippen molar-refractivity contribution in [3.05, 3.63) is 5.82 Å². The van der Waals surface area contributed by atoms with Gasteiger partial charge in [-0.25, -0.2) is 4.68 Å². The molecule has 0 amide bonds. The predicted octanol–water partition coefficient (Wildman–Crippen LogP) is 1.24. The van der Waals surface area contributed by atoms with Crippen LogP contribution >= 0.6 is 11.8 Å². The number of hydrogen-bond donors (Lipinski definition) is 1. The Morgan fingerprint density at radius 3 is 2.88 bits per heavy atom. The highest BCUT2D eigenvalue weighted by Crippen LogP contribution is 2.26. The molecule has 0 atom stereocenters. The SMILES string of the molecule is CC(C)NCc1nnnn1C1CCSCC1. The van der Waals surface area contributed by atoms with Gasteiger partial charge >= 0.3 is 0 Å². The maximum Gasteiger partial charge on any atom is 0.165 e. The lowest BCUT2D eigenvalue weighted by Crippen LogP contribution is -2.26. The Bertz CT molecular complexity index is 319. The van der Waals surface area contributed by atoms with Crippen molar-refractivity contribution in [2.24, 2.45) is 0 Å². The lowest BCUT2D eigenvalue weighted by molar-refractivity contribution is 0.395. The van der Waals surface area contributed by atoms with Crippen LogP contribution in [0.5, 0.6) is 0 Å². The van der Waals surface area contributed by atoms with Crippen molar-refractivity contribution < 1.29 is 0 Å². The summed E-state index contributed by atoms with van der Waals surface area (Å²) in [5, 5.41) is 15.4. The van der Waals surface area contributed by atoms with Crippen molar-refractivity contribution in [1.82, 2.24) is 25.5 Å². The minimum Gasteiger partial charge on any atom is -0.308 e. The van der Waals surface area contributed by atoms with E-state index in [-0.39, 0.29) is 0 Å². The van der Waals surface area contributed by atoms with Crippen LogP contribution in [0, 0.1) is 0 Å². The molecule has 5 nitrogen and oxygen atoms in total. The molecular weight excluding hydrogens is 222 g/mol. The summed E-state index contributed by atoms with van der Waals surface area (Å²) in [4.78, 5) is 0. The van der Waals surface area contributed by atoms with Crippen molar-refractivity contribution in [2.75, 3.05) is 11.5 Å². The first kappa shape index (κ1) is 11.9. The van der Waals surface area contributed by atoms with Crippen molar-refractivity contribution in [3.8, 4) is 0 Å². The second kappa shape index (κ2) is 5.63. The van der Waals surface area contributed by atoms with E-state index in [4.69, 9.17) is 0 Å². The van der Waals surface area contributed by atoms with Gasteiger partial charge in [0.25, 0.3) is 0 Å². The van der Waals surface area contributed by atoms with Gasteiger partial charge in [-0.2, -0.15) is 11.8 Å². The molecule has 2 heterocycles. The molecule has 1 aromatic heterocycles. The topological polar surface area (TPSA) is 55.6 Å². The van der Waals surface area contributed by atoms with Crippen LogP contribution < -0.4 is 5.32 Å². The molecule has 0 spiro atoms. The number of nitrogens with one attached hydrogen (secondary N) is 1. The molecular formula is C10H19N5S. The van der Waals surface area contributed by atoms with E-state index in [1.54, 1.807) is 0 Å². The molecule has 90 valence electrons. The van der Waals surface area contributed by atoms with Gasteiger partial charge in [0.2, 0.25) is 0 Å². The van der Waals surface area contributed by atoms with Crippen molar-refractivity contribution >= 4 is 11.8 Å². The second-order valence-electron chi connectivity index (χ2n) is 4.42. The predicted molar refractivity (Wildman–Crippen MR) is 65.4 cm³/mol. The lowest BCUT2D eigenvalue weighted by atomic mass is 10.1. The van der Waals surface area contributed by atoms with Crippen molar-refractivity contribution in [3.63, 3.8) is 0 Å². The van der Waals surface area contributed by atoms with E-state index < -0.39 is 0 Å². The third kappa shape index (κ3) is 2.95. The molecule has 0 bridgehead atoms. The Morgan fingerprint density at radius 1 is 1.44 bits per heavy atom. The summed E-state index contributed by atoms with van der Waals surface area (Å²) in [6, 6.07) is 0.965. The fourth-order valence-corrected chi connectivity index (χ4v) is 2.92. The Kier molecular flexibility index (Phi) is 4.17. The Morgan fingerprint density at radius 2 is 2.19 bits per heavy atom. The molecule has 1 saturated heterocycles. The minimum atomic E-state index is 0.465. The van der Waals surface area contributed by atoms with Crippen LogP contribution in [0.4, 0.5) is 0 Å².